The van der Waals surface area contributed by atoms with Gasteiger partial charge < -0.3 is 10.4 Å². The number of unbranched alkanes of at least 4 members (excludes halogenated alkanes) is 1. The third-order valence-corrected chi connectivity index (χ3v) is 3.57. The second-order valence-corrected chi connectivity index (χ2v) is 4.83. The maximum Gasteiger partial charge on any atom is 0.311 e. The van der Waals surface area contributed by atoms with Gasteiger partial charge in [-0.2, -0.15) is 0 Å². The van der Waals surface area contributed by atoms with Crippen LogP contribution in [0.1, 0.15) is 37.7 Å². The van der Waals surface area contributed by atoms with Crippen LogP contribution in [0.5, 0.6) is 0 Å². The summed E-state index contributed by atoms with van der Waals surface area (Å²) in [6, 6.07) is 4.30. The summed E-state index contributed by atoms with van der Waals surface area (Å²) in [5.41, 5.74) is 1.33. The van der Waals surface area contributed by atoms with Crippen LogP contribution in [0.3, 0.4) is 0 Å². The van der Waals surface area contributed by atoms with Gasteiger partial charge in [0.25, 0.3) is 0 Å². The van der Waals surface area contributed by atoms with E-state index in [1.165, 1.54) is 12.1 Å². The number of carboxylic acids is 1. The van der Waals surface area contributed by atoms with Crippen molar-refractivity contribution in [1.82, 2.24) is 0 Å². The van der Waals surface area contributed by atoms with Crippen molar-refractivity contribution in [3.8, 4) is 0 Å². The molecule has 3 nitrogen and oxygen atoms in total. The predicted molar refractivity (Wildman–Crippen MR) is 68.3 cm³/mol. The average Bonchev–Trinajstić information content (AvgIpc) is 2.35. The largest absolute Gasteiger partial charge is 0.481 e. The SMILES string of the molecule is CCCCC1CNc2cc(F)ccc2C1C(=O)O. The monoisotopic (exact) mass is 251 g/mol. The van der Waals surface area contributed by atoms with Gasteiger partial charge in [-0.05, 0) is 30.0 Å². The Morgan fingerprint density at radius 2 is 2.33 bits per heavy atom. The van der Waals surface area contributed by atoms with Crippen LogP contribution in [0.15, 0.2) is 18.2 Å². The topological polar surface area (TPSA) is 49.3 Å². The summed E-state index contributed by atoms with van der Waals surface area (Å²) in [6.07, 6.45) is 2.96. The third-order valence-electron chi connectivity index (χ3n) is 3.57. The van der Waals surface area contributed by atoms with Crippen LogP contribution in [0.2, 0.25) is 0 Å². The smallest absolute Gasteiger partial charge is 0.311 e. The van der Waals surface area contributed by atoms with E-state index in [2.05, 4.69) is 12.2 Å². The fourth-order valence-corrected chi connectivity index (χ4v) is 2.64. The molecule has 0 saturated carbocycles. The first kappa shape index (κ1) is 12.9. The highest BCUT2D eigenvalue weighted by molar-refractivity contribution is 5.80. The molecule has 0 saturated heterocycles. The van der Waals surface area contributed by atoms with Gasteiger partial charge in [0.2, 0.25) is 0 Å². The van der Waals surface area contributed by atoms with Crippen molar-refractivity contribution in [1.29, 1.82) is 0 Å². The highest BCUT2D eigenvalue weighted by Crippen LogP contribution is 2.38. The van der Waals surface area contributed by atoms with Gasteiger partial charge >= 0.3 is 5.97 Å². The van der Waals surface area contributed by atoms with E-state index in [4.69, 9.17) is 0 Å². The number of halogens is 1. The van der Waals surface area contributed by atoms with E-state index in [0.29, 0.717) is 17.8 Å². The molecule has 2 atom stereocenters. The molecule has 2 rings (SSSR count). The minimum Gasteiger partial charge on any atom is -0.481 e. The first-order valence-electron chi connectivity index (χ1n) is 6.39. The van der Waals surface area contributed by atoms with Gasteiger partial charge in [0.1, 0.15) is 5.82 Å². The highest BCUT2D eigenvalue weighted by Gasteiger charge is 2.34. The molecule has 0 bridgehead atoms. The molecule has 98 valence electrons. The molecule has 1 aliphatic rings. The molecule has 18 heavy (non-hydrogen) atoms. The van der Waals surface area contributed by atoms with Gasteiger partial charge in [-0.15, -0.1) is 0 Å². The number of fused-ring (bicyclic) bond motifs is 1. The second kappa shape index (κ2) is 5.38. The molecule has 0 spiro atoms. The van der Waals surface area contributed by atoms with Gasteiger partial charge in [-0.25, -0.2) is 4.39 Å². The zero-order valence-electron chi connectivity index (χ0n) is 10.4. The molecular formula is C14H18FNO2. The lowest BCUT2D eigenvalue weighted by molar-refractivity contribution is -0.140. The van der Waals surface area contributed by atoms with Crippen LogP contribution in [0.25, 0.3) is 0 Å². The number of carbonyl (C=O) groups is 1. The number of hydrogen-bond donors (Lipinski definition) is 2. The van der Waals surface area contributed by atoms with Crippen LogP contribution in [0.4, 0.5) is 10.1 Å². The molecule has 0 fully saturated rings. The van der Waals surface area contributed by atoms with Crippen LogP contribution in [-0.4, -0.2) is 17.6 Å². The van der Waals surface area contributed by atoms with Gasteiger partial charge in [-0.1, -0.05) is 25.8 Å². The van der Waals surface area contributed by atoms with Gasteiger partial charge in [0.15, 0.2) is 0 Å². The molecule has 1 aromatic carbocycles. The molecular weight excluding hydrogens is 233 g/mol. The lowest BCUT2D eigenvalue weighted by Crippen LogP contribution is -2.32. The molecule has 0 aromatic heterocycles. The number of benzene rings is 1. The Bertz CT molecular complexity index is 447. The first-order valence-corrected chi connectivity index (χ1v) is 6.39. The Hall–Kier alpha value is -1.58. The minimum atomic E-state index is -0.814. The van der Waals surface area contributed by atoms with Gasteiger partial charge in [-0.3, -0.25) is 4.79 Å². The highest BCUT2D eigenvalue weighted by atomic mass is 19.1. The molecule has 4 heteroatoms. The average molecular weight is 251 g/mol. The number of rotatable bonds is 4. The number of anilines is 1. The predicted octanol–water partition coefficient (Wildman–Crippen LogP) is 3.23. The van der Waals surface area contributed by atoms with Crippen molar-refractivity contribution in [2.45, 2.75) is 32.1 Å². The molecule has 1 aliphatic heterocycles. The summed E-state index contributed by atoms with van der Waals surface area (Å²) in [5.74, 6) is -1.59. The van der Waals surface area contributed by atoms with Crippen LogP contribution in [0, 0.1) is 11.7 Å². The summed E-state index contributed by atoms with van der Waals surface area (Å²) in [5, 5.41) is 12.5. The Kier molecular flexibility index (Phi) is 3.84. The lowest BCUT2D eigenvalue weighted by atomic mass is 9.79. The minimum absolute atomic E-state index is 0.0837. The Morgan fingerprint density at radius 1 is 1.56 bits per heavy atom. The Morgan fingerprint density at radius 3 is 3.00 bits per heavy atom. The van der Waals surface area contributed by atoms with Crippen LogP contribution < -0.4 is 5.32 Å². The maximum atomic E-state index is 13.1. The number of hydrogen-bond acceptors (Lipinski definition) is 2. The van der Waals surface area contributed by atoms with Crippen molar-refractivity contribution in [2.24, 2.45) is 5.92 Å². The quantitative estimate of drug-likeness (QED) is 0.863. The molecule has 2 unspecified atom stereocenters. The van der Waals surface area contributed by atoms with E-state index in [1.54, 1.807) is 6.07 Å². The van der Waals surface area contributed by atoms with Crippen molar-refractivity contribution in [3.05, 3.63) is 29.6 Å². The number of carboxylic acid groups (broad SMARTS) is 1. The number of aliphatic carboxylic acids is 1. The van der Waals surface area contributed by atoms with E-state index in [1.807, 2.05) is 0 Å². The molecule has 1 aromatic rings. The first-order chi connectivity index (χ1) is 8.63. The van der Waals surface area contributed by atoms with E-state index in [-0.39, 0.29) is 11.7 Å². The zero-order valence-corrected chi connectivity index (χ0v) is 10.4. The van der Waals surface area contributed by atoms with E-state index in [9.17, 15) is 14.3 Å². The fraction of sp³-hybridized carbons (Fsp3) is 0.500. The summed E-state index contributed by atoms with van der Waals surface area (Å²) in [6.45, 7) is 2.70. The summed E-state index contributed by atoms with van der Waals surface area (Å²) >= 11 is 0. The Labute approximate surface area is 106 Å². The summed E-state index contributed by atoms with van der Waals surface area (Å²) in [4.78, 5) is 11.5. The second-order valence-electron chi connectivity index (χ2n) is 4.83. The zero-order chi connectivity index (χ0) is 13.1. The summed E-state index contributed by atoms with van der Waals surface area (Å²) in [7, 11) is 0. The van der Waals surface area contributed by atoms with E-state index >= 15 is 0 Å². The van der Waals surface area contributed by atoms with E-state index in [0.717, 1.165) is 19.3 Å². The molecule has 0 radical (unpaired) electrons. The summed E-state index contributed by atoms with van der Waals surface area (Å²) < 4.78 is 13.1. The van der Waals surface area contributed by atoms with Gasteiger partial charge in [0, 0.05) is 12.2 Å². The van der Waals surface area contributed by atoms with Crippen molar-refractivity contribution in [2.75, 3.05) is 11.9 Å². The standard InChI is InChI=1S/C14H18FNO2/c1-2-3-4-9-8-16-12-7-10(15)5-6-11(12)13(9)14(17)18/h5-7,9,13,16H,2-4,8H2,1H3,(H,17,18). The van der Waals surface area contributed by atoms with Crippen LogP contribution in [-0.2, 0) is 4.79 Å². The maximum absolute atomic E-state index is 13.1. The van der Waals surface area contributed by atoms with E-state index < -0.39 is 11.9 Å². The fourth-order valence-electron chi connectivity index (χ4n) is 2.64. The van der Waals surface area contributed by atoms with Crippen LogP contribution >= 0.6 is 0 Å². The Balaban J connectivity index is 2.30. The molecule has 0 aliphatic carbocycles. The molecule has 2 N–H and O–H groups in total. The van der Waals surface area contributed by atoms with Gasteiger partial charge in [0.05, 0.1) is 5.92 Å². The lowest BCUT2D eigenvalue weighted by Gasteiger charge is -2.32. The normalized spacial score (nSPS) is 22.1. The van der Waals surface area contributed by atoms with Crippen molar-refractivity contribution < 1.29 is 14.3 Å². The third kappa shape index (κ3) is 2.47. The number of nitrogens with one attached hydrogen (secondary N) is 1. The van der Waals surface area contributed by atoms with Crippen molar-refractivity contribution in [3.63, 3.8) is 0 Å². The van der Waals surface area contributed by atoms with Crippen molar-refractivity contribution >= 4 is 11.7 Å². The molecule has 0 amide bonds. The molecule has 1 heterocycles.